The maximum absolute atomic E-state index is 12.0. The van der Waals surface area contributed by atoms with Gasteiger partial charge in [-0.25, -0.2) is 4.79 Å². The van der Waals surface area contributed by atoms with Crippen LogP contribution in [0.15, 0.2) is 24.0 Å². The number of aryl methyl sites for hydroxylation is 1. The third-order valence-electron chi connectivity index (χ3n) is 2.42. The molecule has 0 aliphatic carbocycles. The maximum Gasteiger partial charge on any atom is 0.332 e. The van der Waals surface area contributed by atoms with Gasteiger partial charge in [-0.05, 0) is 19.9 Å². The molecule has 2 N–H and O–H groups in total. The van der Waals surface area contributed by atoms with E-state index in [1.165, 1.54) is 23.0 Å². The Hall–Kier alpha value is -2.64. The second-order valence-electron chi connectivity index (χ2n) is 4.12. The molecular formula is C13H17N3O5. The van der Waals surface area contributed by atoms with Crippen LogP contribution in [0.1, 0.15) is 30.8 Å². The van der Waals surface area contributed by atoms with E-state index in [0.717, 1.165) is 0 Å². The van der Waals surface area contributed by atoms with Crippen LogP contribution in [0.5, 0.6) is 0 Å². The number of nitrogens with one attached hydrogen (secondary N) is 1. The number of aromatic nitrogens is 2. The van der Waals surface area contributed by atoms with Gasteiger partial charge in [0.1, 0.15) is 5.69 Å². The summed E-state index contributed by atoms with van der Waals surface area (Å²) in [5.74, 6) is -2.00. The van der Waals surface area contributed by atoms with Crippen LogP contribution in [0.3, 0.4) is 0 Å². The average molecular weight is 295 g/mol. The Bertz CT molecular complexity index is 562. The number of carbonyl (C=O) groups excluding carboxylic acids is 2. The fourth-order valence-corrected chi connectivity index (χ4v) is 1.55. The normalized spacial score (nSPS) is 11.0. The molecule has 0 aromatic carbocycles. The van der Waals surface area contributed by atoms with Gasteiger partial charge in [-0.2, -0.15) is 5.10 Å². The zero-order chi connectivity index (χ0) is 15.8. The monoisotopic (exact) mass is 295 g/mol. The van der Waals surface area contributed by atoms with Crippen molar-refractivity contribution < 1.29 is 24.2 Å². The summed E-state index contributed by atoms with van der Waals surface area (Å²) in [5, 5.41) is 15.0. The quantitative estimate of drug-likeness (QED) is 0.561. The lowest BCUT2D eigenvalue weighted by atomic mass is 10.3. The Morgan fingerprint density at radius 3 is 2.81 bits per heavy atom. The molecule has 8 heteroatoms. The number of ether oxygens (including phenoxy) is 1. The van der Waals surface area contributed by atoms with Gasteiger partial charge in [-0.1, -0.05) is 0 Å². The van der Waals surface area contributed by atoms with Gasteiger partial charge in [0.25, 0.3) is 5.91 Å². The summed E-state index contributed by atoms with van der Waals surface area (Å²) < 4.78 is 6.02. The van der Waals surface area contributed by atoms with E-state index in [4.69, 9.17) is 9.84 Å². The summed E-state index contributed by atoms with van der Waals surface area (Å²) in [6.07, 6.45) is 2.43. The van der Waals surface area contributed by atoms with Crippen molar-refractivity contribution in [3.63, 3.8) is 0 Å². The molecule has 0 saturated carbocycles. The van der Waals surface area contributed by atoms with Crippen molar-refractivity contribution in [1.82, 2.24) is 15.1 Å². The van der Waals surface area contributed by atoms with Gasteiger partial charge >= 0.3 is 11.9 Å². The minimum absolute atomic E-state index is 0.0890. The van der Waals surface area contributed by atoms with Crippen LogP contribution in [-0.4, -0.2) is 39.3 Å². The maximum atomic E-state index is 12.0. The molecule has 1 amide bonds. The lowest BCUT2D eigenvalue weighted by Crippen LogP contribution is -2.25. The highest BCUT2D eigenvalue weighted by Gasteiger charge is 2.13. The number of carboxylic acids is 1. The fraction of sp³-hybridized carbons (Fsp3) is 0.385. The summed E-state index contributed by atoms with van der Waals surface area (Å²) in [5.41, 5.74) is 0.539. The number of rotatable bonds is 7. The summed E-state index contributed by atoms with van der Waals surface area (Å²) >= 11 is 0. The van der Waals surface area contributed by atoms with Crippen molar-refractivity contribution in [2.24, 2.45) is 0 Å². The lowest BCUT2D eigenvalue weighted by molar-refractivity contribution is -0.138. The van der Waals surface area contributed by atoms with E-state index in [1.54, 1.807) is 13.8 Å². The summed E-state index contributed by atoms with van der Waals surface area (Å²) in [6.45, 7) is 3.57. The minimum Gasteiger partial charge on any atom is -0.481 e. The highest BCUT2D eigenvalue weighted by molar-refractivity contribution is 5.94. The number of amides is 1. The molecular weight excluding hydrogens is 278 g/mol. The average Bonchev–Trinajstić information content (AvgIpc) is 2.84. The Balaban J connectivity index is 2.69. The third-order valence-corrected chi connectivity index (χ3v) is 2.42. The van der Waals surface area contributed by atoms with Crippen molar-refractivity contribution in [2.75, 3.05) is 6.61 Å². The molecule has 1 aromatic heterocycles. The van der Waals surface area contributed by atoms with Crippen LogP contribution < -0.4 is 5.32 Å². The number of allylic oxidation sites excluding steroid dienone is 1. The second-order valence-corrected chi connectivity index (χ2v) is 4.12. The molecule has 0 bridgehead atoms. The largest absolute Gasteiger partial charge is 0.481 e. The van der Waals surface area contributed by atoms with E-state index in [1.807, 2.05) is 0 Å². The van der Waals surface area contributed by atoms with Crippen molar-refractivity contribution in [1.29, 1.82) is 0 Å². The van der Waals surface area contributed by atoms with Crippen molar-refractivity contribution >= 4 is 17.8 Å². The van der Waals surface area contributed by atoms with Crippen LogP contribution in [0.25, 0.3) is 0 Å². The molecule has 0 fully saturated rings. The lowest BCUT2D eigenvalue weighted by Gasteiger charge is -2.07. The number of carboxylic acid groups (broad SMARTS) is 1. The number of hydrogen-bond acceptors (Lipinski definition) is 5. The first-order valence-corrected chi connectivity index (χ1v) is 6.34. The first-order chi connectivity index (χ1) is 9.93. The van der Waals surface area contributed by atoms with Gasteiger partial charge in [-0.15, -0.1) is 0 Å². The molecule has 8 nitrogen and oxygen atoms in total. The number of esters is 1. The van der Waals surface area contributed by atoms with E-state index in [2.05, 4.69) is 10.4 Å². The fourth-order valence-electron chi connectivity index (χ4n) is 1.55. The SMILES string of the molecule is CCOC(=O)/C=C(\C)NC(=O)c1ccnn1CCC(=O)O. The standard InChI is InChI=1S/C13H17N3O5/c1-3-21-12(19)8-9(2)15-13(20)10-4-6-14-16(10)7-5-11(17)18/h4,6,8H,3,5,7H2,1-2H3,(H,15,20)(H,17,18)/b9-8+. The van der Waals surface area contributed by atoms with Crippen LogP contribution in [-0.2, 0) is 20.9 Å². The smallest absolute Gasteiger partial charge is 0.332 e. The van der Waals surface area contributed by atoms with Crippen LogP contribution >= 0.6 is 0 Å². The highest BCUT2D eigenvalue weighted by Crippen LogP contribution is 2.02. The van der Waals surface area contributed by atoms with Crippen LogP contribution in [0.4, 0.5) is 0 Å². The number of nitrogens with zero attached hydrogens (tertiary/aromatic N) is 2. The predicted octanol–water partition coefficient (Wildman–Crippen LogP) is 0.554. The Kier molecular flexibility index (Phi) is 6.12. The minimum atomic E-state index is -0.977. The van der Waals surface area contributed by atoms with Gasteiger partial charge in [-0.3, -0.25) is 14.3 Å². The summed E-state index contributed by atoms with van der Waals surface area (Å²) in [6, 6.07) is 1.47. The molecule has 0 radical (unpaired) electrons. The first-order valence-electron chi connectivity index (χ1n) is 6.34. The van der Waals surface area contributed by atoms with E-state index in [0.29, 0.717) is 5.70 Å². The van der Waals surface area contributed by atoms with Gasteiger partial charge in [0.15, 0.2) is 0 Å². The Morgan fingerprint density at radius 2 is 2.19 bits per heavy atom. The van der Waals surface area contributed by atoms with Crippen LogP contribution in [0, 0.1) is 0 Å². The van der Waals surface area contributed by atoms with Gasteiger partial charge in [0, 0.05) is 18.0 Å². The molecule has 0 spiro atoms. The molecule has 0 unspecified atom stereocenters. The van der Waals surface area contributed by atoms with Crippen LogP contribution in [0.2, 0.25) is 0 Å². The topological polar surface area (TPSA) is 111 Å². The molecule has 1 heterocycles. The molecule has 21 heavy (non-hydrogen) atoms. The third kappa shape index (κ3) is 5.47. The zero-order valence-electron chi connectivity index (χ0n) is 11.8. The van der Waals surface area contributed by atoms with E-state index in [9.17, 15) is 14.4 Å². The number of aliphatic carboxylic acids is 1. The Morgan fingerprint density at radius 1 is 1.48 bits per heavy atom. The molecule has 1 rings (SSSR count). The molecule has 0 atom stereocenters. The van der Waals surface area contributed by atoms with Crippen molar-refractivity contribution in [3.05, 3.63) is 29.7 Å². The molecule has 1 aromatic rings. The number of carbonyl (C=O) groups is 3. The molecule has 0 aliphatic heterocycles. The van der Waals surface area contributed by atoms with Gasteiger partial charge in [0.05, 0.1) is 19.6 Å². The molecule has 114 valence electrons. The van der Waals surface area contributed by atoms with Gasteiger partial charge < -0.3 is 15.2 Å². The van der Waals surface area contributed by atoms with E-state index < -0.39 is 17.8 Å². The Labute approximate surface area is 121 Å². The highest BCUT2D eigenvalue weighted by atomic mass is 16.5. The van der Waals surface area contributed by atoms with Crippen molar-refractivity contribution in [3.8, 4) is 0 Å². The van der Waals surface area contributed by atoms with Gasteiger partial charge in [0.2, 0.25) is 0 Å². The number of hydrogen-bond donors (Lipinski definition) is 2. The van der Waals surface area contributed by atoms with E-state index in [-0.39, 0.29) is 25.3 Å². The molecule has 0 saturated heterocycles. The predicted molar refractivity (Wildman–Crippen MR) is 72.3 cm³/mol. The zero-order valence-corrected chi connectivity index (χ0v) is 11.8. The molecule has 0 aliphatic rings. The van der Waals surface area contributed by atoms with Crippen molar-refractivity contribution in [2.45, 2.75) is 26.8 Å². The summed E-state index contributed by atoms with van der Waals surface area (Å²) in [4.78, 5) is 33.8. The van der Waals surface area contributed by atoms with E-state index >= 15 is 0 Å². The second kappa shape index (κ2) is 7.83. The first kappa shape index (κ1) is 16.4. The summed E-state index contributed by atoms with van der Waals surface area (Å²) in [7, 11) is 0.